The minimum absolute atomic E-state index is 0.107. The zero-order valence-corrected chi connectivity index (χ0v) is 12.0. The van der Waals surface area contributed by atoms with Gasteiger partial charge >= 0.3 is 0 Å². The number of nitrogens with zero attached hydrogens (tertiary/aromatic N) is 1. The summed E-state index contributed by atoms with van der Waals surface area (Å²) in [5.74, 6) is 4.12. The summed E-state index contributed by atoms with van der Waals surface area (Å²) in [4.78, 5) is 34.1. The lowest BCUT2D eigenvalue weighted by Crippen LogP contribution is -2.35. The third-order valence-corrected chi connectivity index (χ3v) is 3.09. The third-order valence-electron chi connectivity index (χ3n) is 3.09. The summed E-state index contributed by atoms with van der Waals surface area (Å²) >= 11 is 0. The summed E-state index contributed by atoms with van der Waals surface area (Å²) in [6.07, 6.45) is 0. The van der Waals surface area contributed by atoms with Crippen molar-refractivity contribution >= 4 is 23.1 Å². The Balaban J connectivity index is 2.40. The second-order valence-corrected chi connectivity index (χ2v) is 4.60. The van der Waals surface area contributed by atoms with Crippen molar-refractivity contribution in [3.63, 3.8) is 0 Å². The number of hydrazine groups is 1. The van der Waals surface area contributed by atoms with Crippen molar-refractivity contribution in [1.29, 1.82) is 0 Å². The number of rotatable bonds is 6. The van der Waals surface area contributed by atoms with Crippen LogP contribution in [0.2, 0.25) is 0 Å². The molecule has 0 radical (unpaired) electrons. The molecule has 0 aliphatic heterocycles. The average Bonchev–Trinajstić information content (AvgIpc) is 2.59. The van der Waals surface area contributed by atoms with Crippen LogP contribution in [0, 0.1) is 10.1 Å². The second-order valence-electron chi connectivity index (χ2n) is 4.60. The molecule has 0 fully saturated rings. The molecule has 0 atom stereocenters. The largest absolute Gasteiger partial charge is 0.376 e. The lowest BCUT2D eigenvalue weighted by atomic mass is 10.0. The Morgan fingerprint density at radius 2 is 1.83 bits per heavy atom. The first kappa shape index (κ1) is 16.1. The van der Waals surface area contributed by atoms with E-state index in [9.17, 15) is 19.7 Å². The van der Waals surface area contributed by atoms with E-state index < -0.39 is 10.8 Å². The highest BCUT2D eigenvalue weighted by Gasteiger charge is 2.18. The van der Waals surface area contributed by atoms with Gasteiger partial charge in [-0.3, -0.25) is 25.1 Å². The van der Waals surface area contributed by atoms with E-state index in [4.69, 9.17) is 5.84 Å². The Morgan fingerprint density at radius 1 is 1.13 bits per heavy atom. The monoisotopic (exact) mass is 314 g/mol. The Hall–Kier alpha value is -3.26. The summed E-state index contributed by atoms with van der Waals surface area (Å²) in [7, 11) is 0. The average molecular weight is 314 g/mol. The van der Waals surface area contributed by atoms with Gasteiger partial charge in [-0.05, 0) is 6.07 Å². The van der Waals surface area contributed by atoms with Crippen molar-refractivity contribution in [2.75, 3.05) is 11.9 Å². The van der Waals surface area contributed by atoms with Crippen molar-refractivity contribution < 1.29 is 14.5 Å². The van der Waals surface area contributed by atoms with Gasteiger partial charge in [0.25, 0.3) is 11.6 Å². The van der Waals surface area contributed by atoms with E-state index in [2.05, 4.69) is 5.32 Å². The first-order chi connectivity index (χ1) is 11.0. The molecule has 2 aromatic rings. The van der Waals surface area contributed by atoms with Crippen LogP contribution < -0.4 is 16.6 Å². The topological polar surface area (TPSA) is 127 Å². The number of carbonyl (C=O) groups excluding carboxylic acids is 2. The van der Waals surface area contributed by atoms with Crippen LogP contribution in [0.3, 0.4) is 0 Å². The maximum Gasteiger partial charge on any atom is 0.270 e. The van der Waals surface area contributed by atoms with Gasteiger partial charge in [-0.1, -0.05) is 30.3 Å². The summed E-state index contributed by atoms with van der Waals surface area (Å²) < 4.78 is 0. The standard InChI is InChI=1S/C15H14N4O4/c16-18-14(20)9-17-13-7-6-11(19(22)23)8-12(13)15(21)10-4-2-1-3-5-10/h1-8,17H,9,16H2,(H,18,20). The number of nitro benzene ring substituents is 1. The molecule has 2 rings (SSSR count). The minimum atomic E-state index is -0.585. The van der Waals surface area contributed by atoms with Crippen molar-refractivity contribution in [3.8, 4) is 0 Å². The fraction of sp³-hybridized carbons (Fsp3) is 0.0667. The molecule has 8 nitrogen and oxygen atoms in total. The number of nitrogens with one attached hydrogen (secondary N) is 2. The van der Waals surface area contributed by atoms with Crippen LogP contribution in [-0.4, -0.2) is 23.2 Å². The van der Waals surface area contributed by atoms with Crippen molar-refractivity contribution in [2.45, 2.75) is 0 Å². The molecule has 0 aliphatic rings. The molecule has 0 heterocycles. The molecule has 0 aliphatic carbocycles. The predicted molar refractivity (Wildman–Crippen MR) is 83.8 cm³/mol. The van der Waals surface area contributed by atoms with Crippen molar-refractivity contribution in [1.82, 2.24) is 5.43 Å². The number of hydrogen-bond donors (Lipinski definition) is 3. The van der Waals surface area contributed by atoms with Crippen LogP contribution in [0.25, 0.3) is 0 Å². The lowest BCUT2D eigenvalue weighted by molar-refractivity contribution is -0.384. The number of non-ortho nitro benzene ring substituents is 1. The zero-order chi connectivity index (χ0) is 16.8. The third kappa shape index (κ3) is 3.89. The molecule has 23 heavy (non-hydrogen) atoms. The molecule has 0 unspecified atom stereocenters. The van der Waals surface area contributed by atoms with Gasteiger partial charge in [0, 0.05) is 23.4 Å². The molecule has 0 saturated heterocycles. The molecule has 0 saturated carbocycles. The number of nitro groups is 1. The smallest absolute Gasteiger partial charge is 0.270 e. The van der Waals surface area contributed by atoms with Crippen LogP contribution in [0.15, 0.2) is 48.5 Å². The highest BCUT2D eigenvalue weighted by molar-refractivity contribution is 6.12. The van der Waals surface area contributed by atoms with Crippen LogP contribution in [0.1, 0.15) is 15.9 Å². The van der Waals surface area contributed by atoms with Gasteiger partial charge in [-0.15, -0.1) is 0 Å². The lowest BCUT2D eigenvalue weighted by Gasteiger charge is -2.11. The van der Waals surface area contributed by atoms with E-state index in [0.29, 0.717) is 11.3 Å². The summed E-state index contributed by atoms with van der Waals surface area (Å²) in [6, 6.07) is 12.2. The fourth-order valence-corrected chi connectivity index (χ4v) is 1.96. The molecule has 8 heteroatoms. The highest BCUT2D eigenvalue weighted by atomic mass is 16.6. The molecular weight excluding hydrogens is 300 g/mol. The highest BCUT2D eigenvalue weighted by Crippen LogP contribution is 2.24. The predicted octanol–water partition coefficient (Wildman–Crippen LogP) is 1.23. The maximum absolute atomic E-state index is 12.6. The van der Waals surface area contributed by atoms with Gasteiger partial charge in [-0.25, -0.2) is 5.84 Å². The molecule has 118 valence electrons. The van der Waals surface area contributed by atoms with Crippen LogP contribution >= 0.6 is 0 Å². The Morgan fingerprint density at radius 3 is 2.43 bits per heavy atom. The maximum atomic E-state index is 12.6. The van der Waals surface area contributed by atoms with Gasteiger partial charge in [0.05, 0.1) is 17.0 Å². The first-order valence-electron chi connectivity index (χ1n) is 6.64. The molecule has 4 N–H and O–H groups in total. The van der Waals surface area contributed by atoms with E-state index in [-0.39, 0.29) is 23.6 Å². The van der Waals surface area contributed by atoms with E-state index in [1.54, 1.807) is 30.3 Å². The van der Waals surface area contributed by atoms with Crippen LogP contribution in [0.4, 0.5) is 11.4 Å². The van der Waals surface area contributed by atoms with E-state index >= 15 is 0 Å². The number of ketones is 1. The van der Waals surface area contributed by atoms with Gasteiger partial charge in [0.2, 0.25) is 0 Å². The van der Waals surface area contributed by atoms with Gasteiger partial charge < -0.3 is 5.32 Å². The number of carbonyl (C=O) groups is 2. The molecule has 2 aromatic carbocycles. The van der Waals surface area contributed by atoms with Gasteiger partial charge in [0.15, 0.2) is 5.78 Å². The van der Waals surface area contributed by atoms with Gasteiger partial charge in [0.1, 0.15) is 0 Å². The number of anilines is 1. The number of amides is 1. The quantitative estimate of drug-likeness (QED) is 0.242. The van der Waals surface area contributed by atoms with E-state index in [1.807, 2.05) is 5.43 Å². The molecule has 0 aromatic heterocycles. The molecular formula is C15H14N4O4. The Kier molecular flexibility index (Phi) is 5.00. The Labute approximate surface area is 131 Å². The Bertz CT molecular complexity index is 746. The van der Waals surface area contributed by atoms with E-state index in [0.717, 1.165) is 0 Å². The van der Waals surface area contributed by atoms with Crippen molar-refractivity contribution in [2.24, 2.45) is 5.84 Å². The fourth-order valence-electron chi connectivity index (χ4n) is 1.96. The first-order valence-corrected chi connectivity index (χ1v) is 6.64. The number of hydrogen-bond acceptors (Lipinski definition) is 6. The van der Waals surface area contributed by atoms with Crippen LogP contribution in [-0.2, 0) is 4.79 Å². The SMILES string of the molecule is NNC(=O)CNc1ccc([N+](=O)[O-])cc1C(=O)c1ccccc1. The molecule has 0 bridgehead atoms. The summed E-state index contributed by atoms with van der Waals surface area (Å²) in [6.45, 7) is -0.163. The number of benzene rings is 2. The number of nitrogens with two attached hydrogens (primary N) is 1. The zero-order valence-electron chi connectivity index (χ0n) is 12.0. The molecule has 0 spiro atoms. The van der Waals surface area contributed by atoms with Crippen molar-refractivity contribution in [3.05, 3.63) is 69.8 Å². The second kappa shape index (κ2) is 7.14. The summed E-state index contributed by atoms with van der Waals surface area (Å²) in [5, 5.41) is 13.7. The van der Waals surface area contributed by atoms with Crippen LogP contribution in [0.5, 0.6) is 0 Å². The normalized spacial score (nSPS) is 9.96. The summed E-state index contributed by atoms with van der Waals surface area (Å²) in [5.41, 5.74) is 2.55. The van der Waals surface area contributed by atoms with Gasteiger partial charge in [-0.2, -0.15) is 0 Å². The minimum Gasteiger partial charge on any atom is -0.376 e. The van der Waals surface area contributed by atoms with E-state index in [1.165, 1.54) is 18.2 Å². The molecule has 1 amide bonds.